The Morgan fingerprint density at radius 1 is 1.33 bits per heavy atom. The third-order valence-corrected chi connectivity index (χ3v) is 2.78. The number of carboxylic acids is 1. The van der Waals surface area contributed by atoms with Crippen molar-refractivity contribution in [1.82, 2.24) is 5.32 Å². The van der Waals surface area contributed by atoms with E-state index in [9.17, 15) is 19.8 Å². The van der Waals surface area contributed by atoms with Gasteiger partial charge < -0.3 is 31.1 Å². The lowest BCUT2D eigenvalue weighted by Gasteiger charge is -2.17. The Kier molecular flexibility index (Phi) is 5.94. The van der Waals surface area contributed by atoms with Gasteiger partial charge in [0, 0.05) is 7.11 Å². The zero-order valence-electron chi connectivity index (χ0n) is 11.4. The summed E-state index contributed by atoms with van der Waals surface area (Å²) in [6.45, 7) is -0.173. The fourth-order valence-electron chi connectivity index (χ4n) is 1.66. The number of amides is 1. The zero-order chi connectivity index (χ0) is 16.0. The Labute approximate surface area is 121 Å². The van der Waals surface area contributed by atoms with Crippen LogP contribution in [-0.2, 0) is 20.7 Å². The molecule has 1 rings (SSSR count). The number of phenolic OH excluding ortho intramolecular Hbond substituents is 2. The number of nitrogens with two attached hydrogens (primary N) is 1. The normalized spacial score (nSPS) is 13.4. The van der Waals surface area contributed by atoms with Crippen LogP contribution in [0.4, 0.5) is 0 Å². The van der Waals surface area contributed by atoms with E-state index in [1.807, 2.05) is 0 Å². The molecule has 1 aromatic carbocycles. The molecule has 2 atom stereocenters. The molecule has 0 aliphatic rings. The predicted molar refractivity (Wildman–Crippen MR) is 72.9 cm³/mol. The van der Waals surface area contributed by atoms with Gasteiger partial charge in [0.15, 0.2) is 17.5 Å². The SMILES string of the molecule is COCC(NC(=O)[C@@H](N)Cc1ccc(O)c(O)c1)C(=O)O. The Balaban J connectivity index is 2.65. The van der Waals surface area contributed by atoms with Gasteiger partial charge in [0.1, 0.15) is 0 Å². The minimum atomic E-state index is -1.22. The van der Waals surface area contributed by atoms with E-state index in [4.69, 9.17) is 15.6 Å². The number of nitrogens with one attached hydrogen (secondary N) is 1. The van der Waals surface area contributed by atoms with E-state index in [0.717, 1.165) is 0 Å². The van der Waals surface area contributed by atoms with Gasteiger partial charge in [-0.05, 0) is 24.1 Å². The molecule has 116 valence electrons. The van der Waals surface area contributed by atoms with Crippen molar-refractivity contribution in [3.05, 3.63) is 23.8 Å². The molecule has 0 aliphatic heterocycles. The van der Waals surface area contributed by atoms with Gasteiger partial charge in [-0.3, -0.25) is 4.79 Å². The molecule has 21 heavy (non-hydrogen) atoms. The fraction of sp³-hybridized carbons (Fsp3) is 0.385. The summed E-state index contributed by atoms with van der Waals surface area (Å²) in [6.07, 6.45) is 0.0823. The second-order valence-electron chi connectivity index (χ2n) is 4.49. The van der Waals surface area contributed by atoms with Crippen molar-refractivity contribution in [2.24, 2.45) is 5.73 Å². The van der Waals surface area contributed by atoms with Crippen molar-refractivity contribution in [2.45, 2.75) is 18.5 Å². The lowest BCUT2D eigenvalue weighted by molar-refractivity contribution is -0.143. The summed E-state index contributed by atoms with van der Waals surface area (Å²) in [6, 6.07) is 1.90. The molecule has 0 aromatic heterocycles. The third kappa shape index (κ3) is 4.93. The number of hydrogen-bond acceptors (Lipinski definition) is 6. The van der Waals surface area contributed by atoms with Crippen LogP contribution in [0.25, 0.3) is 0 Å². The minimum absolute atomic E-state index is 0.0823. The number of carbonyl (C=O) groups excluding carboxylic acids is 1. The lowest BCUT2D eigenvalue weighted by Crippen LogP contribution is -2.50. The second-order valence-corrected chi connectivity index (χ2v) is 4.49. The van der Waals surface area contributed by atoms with E-state index in [1.165, 1.54) is 25.3 Å². The molecule has 8 heteroatoms. The maximum absolute atomic E-state index is 11.8. The van der Waals surface area contributed by atoms with Gasteiger partial charge in [-0.15, -0.1) is 0 Å². The molecule has 6 N–H and O–H groups in total. The maximum Gasteiger partial charge on any atom is 0.328 e. The summed E-state index contributed by atoms with van der Waals surface area (Å²) in [5.74, 6) is -2.46. The van der Waals surface area contributed by atoms with E-state index in [-0.39, 0.29) is 24.5 Å². The number of rotatable bonds is 7. The van der Waals surface area contributed by atoms with Gasteiger partial charge in [0.2, 0.25) is 5.91 Å². The number of carboxylic acid groups (broad SMARTS) is 1. The number of carbonyl (C=O) groups is 2. The molecule has 1 amide bonds. The lowest BCUT2D eigenvalue weighted by atomic mass is 10.0. The van der Waals surface area contributed by atoms with Gasteiger partial charge in [-0.1, -0.05) is 6.07 Å². The molecular weight excluding hydrogens is 280 g/mol. The standard InChI is InChI=1S/C13H18N2O6/c1-21-6-9(13(19)20)15-12(18)8(14)4-7-2-3-10(16)11(17)5-7/h2-3,5,8-9,16-17H,4,6,14H2,1H3,(H,15,18)(H,19,20)/t8-,9?/m0/s1. The molecular formula is C13H18N2O6. The van der Waals surface area contributed by atoms with Crippen LogP contribution >= 0.6 is 0 Å². The van der Waals surface area contributed by atoms with Crippen molar-refractivity contribution in [3.8, 4) is 11.5 Å². The second kappa shape index (κ2) is 7.46. The monoisotopic (exact) mass is 298 g/mol. The van der Waals surface area contributed by atoms with Crippen LogP contribution in [0.1, 0.15) is 5.56 Å². The van der Waals surface area contributed by atoms with Crippen LogP contribution in [0.2, 0.25) is 0 Å². The topological polar surface area (TPSA) is 142 Å². The third-order valence-electron chi connectivity index (χ3n) is 2.78. The number of aromatic hydroxyl groups is 2. The Hall–Kier alpha value is -2.32. The molecule has 0 spiro atoms. The molecule has 0 heterocycles. The fourth-order valence-corrected chi connectivity index (χ4v) is 1.66. The molecule has 1 unspecified atom stereocenters. The smallest absolute Gasteiger partial charge is 0.328 e. The first-order valence-electron chi connectivity index (χ1n) is 6.13. The Bertz CT molecular complexity index is 519. The van der Waals surface area contributed by atoms with Gasteiger partial charge in [0.25, 0.3) is 0 Å². The number of methoxy groups -OCH3 is 1. The number of phenols is 2. The van der Waals surface area contributed by atoms with E-state index < -0.39 is 24.0 Å². The van der Waals surface area contributed by atoms with Crippen LogP contribution in [0, 0.1) is 0 Å². The van der Waals surface area contributed by atoms with Crippen LogP contribution < -0.4 is 11.1 Å². The summed E-state index contributed by atoms with van der Waals surface area (Å²) in [4.78, 5) is 22.7. The average molecular weight is 298 g/mol. The first-order valence-corrected chi connectivity index (χ1v) is 6.13. The summed E-state index contributed by atoms with van der Waals surface area (Å²) < 4.78 is 4.70. The van der Waals surface area contributed by atoms with Crippen molar-refractivity contribution < 1.29 is 29.6 Å². The average Bonchev–Trinajstić information content (AvgIpc) is 2.42. The maximum atomic E-state index is 11.8. The molecule has 0 radical (unpaired) electrons. The van der Waals surface area contributed by atoms with Gasteiger partial charge in [0.05, 0.1) is 12.6 Å². The van der Waals surface area contributed by atoms with E-state index >= 15 is 0 Å². The molecule has 0 fully saturated rings. The van der Waals surface area contributed by atoms with E-state index in [2.05, 4.69) is 5.32 Å². The van der Waals surface area contributed by atoms with E-state index in [0.29, 0.717) is 5.56 Å². The molecule has 0 saturated carbocycles. The Morgan fingerprint density at radius 3 is 2.52 bits per heavy atom. The van der Waals surface area contributed by atoms with Gasteiger partial charge in [-0.2, -0.15) is 0 Å². The van der Waals surface area contributed by atoms with Crippen LogP contribution in [0.5, 0.6) is 11.5 Å². The van der Waals surface area contributed by atoms with Gasteiger partial charge >= 0.3 is 5.97 Å². The molecule has 0 aliphatic carbocycles. The highest BCUT2D eigenvalue weighted by molar-refractivity contribution is 5.87. The predicted octanol–water partition coefficient (Wildman–Crippen LogP) is -0.817. The molecule has 0 bridgehead atoms. The summed E-state index contributed by atoms with van der Waals surface area (Å²) >= 11 is 0. The highest BCUT2D eigenvalue weighted by atomic mass is 16.5. The van der Waals surface area contributed by atoms with Crippen LogP contribution in [-0.4, -0.2) is 53.0 Å². The van der Waals surface area contributed by atoms with Crippen molar-refractivity contribution >= 4 is 11.9 Å². The minimum Gasteiger partial charge on any atom is -0.504 e. The highest BCUT2D eigenvalue weighted by Gasteiger charge is 2.23. The quantitative estimate of drug-likeness (QED) is 0.414. The number of aliphatic carboxylic acids is 1. The number of benzene rings is 1. The van der Waals surface area contributed by atoms with Crippen molar-refractivity contribution in [3.63, 3.8) is 0 Å². The largest absolute Gasteiger partial charge is 0.504 e. The molecule has 1 aromatic rings. The van der Waals surface area contributed by atoms with Crippen LogP contribution in [0.15, 0.2) is 18.2 Å². The zero-order valence-corrected chi connectivity index (χ0v) is 11.4. The first kappa shape index (κ1) is 16.7. The number of hydrogen-bond donors (Lipinski definition) is 5. The highest BCUT2D eigenvalue weighted by Crippen LogP contribution is 2.25. The van der Waals surface area contributed by atoms with E-state index in [1.54, 1.807) is 0 Å². The van der Waals surface area contributed by atoms with Crippen molar-refractivity contribution in [1.29, 1.82) is 0 Å². The summed E-state index contributed by atoms with van der Waals surface area (Å²) in [5, 5.41) is 29.7. The van der Waals surface area contributed by atoms with Crippen LogP contribution in [0.3, 0.4) is 0 Å². The summed E-state index contributed by atoms with van der Waals surface area (Å²) in [5.41, 5.74) is 6.23. The molecule has 8 nitrogen and oxygen atoms in total. The summed E-state index contributed by atoms with van der Waals surface area (Å²) in [7, 11) is 1.32. The molecule has 0 saturated heterocycles. The number of ether oxygens (including phenoxy) is 1. The van der Waals surface area contributed by atoms with Crippen molar-refractivity contribution in [2.75, 3.05) is 13.7 Å². The van der Waals surface area contributed by atoms with Gasteiger partial charge in [-0.25, -0.2) is 4.79 Å². The first-order chi connectivity index (χ1) is 9.85. The Morgan fingerprint density at radius 2 is 2.00 bits per heavy atom.